The Balaban J connectivity index is 1.59. The highest BCUT2D eigenvalue weighted by atomic mass is 16.6. The van der Waals surface area contributed by atoms with Crippen molar-refractivity contribution >= 4 is 17.8 Å². The lowest BCUT2D eigenvalue weighted by molar-refractivity contribution is -0.124. The third-order valence-corrected chi connectivity index (χ3v) is 5.40. The molecule has 1 saturated carbocycles. The SMILES string of the molecule is CC1(C)OC(=O)c2c(C(=O)N[C@@H]3CCC(=O)N[C@H]3C3CC3)cccc21. The summed E-state index contributed by atoms with van der Waals surface area (Å²) in [4.78, 5) is 36.8. The number of nitrogens with one attached hydrogen (secondary N) is 2. The number of ether oxygens (including phenoxy) is 1. The maximum atomic E-state index is 12.9. The molecule has 2 amide bonds. The number of cyclic esters (lactones) is 1. The predicted molar refractivity (Wildman–Crippen MR) is 90.0 cm³/mol. The lowest BCUT2D eigenvalue weighted by atomic mass is 9.91. The highest BCUT2D eigenvalue weighted by Crippen LogP contribution is 2.38. The highest BCUT2D eigenvalue weighted by Gasteiger charge is 2.43. The molecule has 1 aliphatic carbocycles. The maximum Gasteiger partial charge on any atom is 0.340 e. The van der Waals surface area contributed by atoms with Crippen molar-refractivity contribution in [2.24, 2.45) is 5.92 Å². The van der Waals surface area contributed by atoms with E-state index in [1.165, 1.54) is 0 Å². The standard InChI is InChI=1S/C19H22N2O4/c1-19(2)12-5-3-4-11(15(12)18(24)25-19)17(23)20-13-8-9-14(22)21-16(13)10-6-7-10/h3-5,10,13,16H,6-9H2,1-2H3,(H,20,23)(H,21,22)/t13-,16+/m1/s1. The van der Waals surface area contributed by atoms with Crippen molar-refractivity contribution in [3.05, 3.63) is 34.9 Å². The van der Waals surface area contributed by atoms with Crippen molar-refractivity contribution < 1.29 is 19.1 Å². The Bertz CT molecular complexity index is 767. The molecule has 1 aromatic rings. The first kappa shape index (κ1) is 16.1. The first-order chi connectivity index (χ1) is 11.9. The van der Waals surface area contributed by atoms with Crippen LogP contribution in [0.2, 0.25) is 0 Å². The zero-order chi connectivity index (χ0) is 17.8. The van der Waals surface area contributed by atoms with E-state index >= 15 is 0 Å². The van der Waals surface area contributed by atoms with Gasteiger partial charge >= 0.3 is 5.97 Å². The largest absolute Gasteiger partial charge is 0.451 e. The van der Waals surface area contributed by atoms with Crippen LogP contribution in [-0.2, 0) is 15.1 Å². The molecule has 0 aromatic heterocycles. The van der Waals surface area contributed by atoms with Crippen LogP contribution in [0.5, 0.6) is 0 Å². The van der Waals surface area contributed by atoms with Crippen LogP contribution in [0.25, 0.3) is 0 Å². The van der Waals surface area contributed by atoms with Gasteiger partial charge in [0, 0.05) is 12.0 Å². The summed E-state index contributed by atoms with van der Waals surface area (Å²) in [5.74, 6) is -0.243. The van der Waals surface area contributed by atoms with Crippen LogP contribution in [0.1, 0.15) is 65.8 Å². The van der Waals surface area contributed by atoms with Gasteiger partial charge < -0.3 is 15.4 Å². The molecule has 3 aliphatic rings. The minimum absolute atomic E-state index is 0.00893. The molecule has 0 radical (unpaired) electrons. The number of amides is 2. The number of benzene rings is 1. The van der Waals surface area contributed by atoms with Crippen LogP contribution in [0.15, 0.2) is 18.2 Å². The molecule has 132 valence electrons. The average Bonchev–Trinajstić information content (AvgIpc) is 3.36. The molecule has 2 heterocycles. The van der Waals surface area contributed by atoms with Gasteiger partial charge in [0.2, 0.25) is 5.91 Å². The van der Waals surface area contributed by atoms with Crippen LogP contribution in [0.3, 0.4) is 0 Å². The van der Waals surface area contributed by atoms with Gasteiger partial charge in [-0.1, -0.05) is 12.1 Å². The van der Waals surface area contributed by atoms with Gasteiger partial charge in [0.1, 0.15) is 5.60 Å². The summed E-state index contributed by atoms with van der Waals surface area (Å²) in [5, 5.41) is 6.06. The second-order valence-corrected chi connectivity index (χ2v) is 7.68. The molecule has 1 saturated heterocycles. The summed E-state index contributed by atoms with van der Waals surface area (Å²) in [5.41, 5.74) is 0.714. The number of esters is 1. The maximum absolute atomic E-state index is 12.9. The Kier molecular flexibility index (Phi) is 3.60. The van der Waals surface area contributed by atoms with Crippen LogP contribution in [0, 0.1) is 5.92 Å². The van der Waals surface area contributed by atoms with E-state index in [-0.39, 0.29) is 23.9 Å². The Morgan fingerprint density at radius 3 is 2.72 bits per heavy atom. The van der Waals surface area contributed by atoms with E-state index in [0.29, 0.717) is 29.9 Å². The van der Waals surface area contributed by atoms with Gasteiger partial charge in [-0.25, -0.2) is 4.79 Å². The number of carbonyl (C=O) groups is 3. The smallest absolute Gasteiger partial charge is 0.340 e. The van der Waals surface area contributed by atoms with Crippen molar-refractivity contribution in [2.45, 2.75) is 57.2 Å². The summed E-state index contributed by atoms with van der Waals surface area (Å²) in [6.07, 6.45) is 3.21. The van der Waals surface area contributed by atoms with Crippen molar-refractivity contribution in [1.82, 2.24) is 10.6 Å². The molecule has 2 atom stereocenters. The molecule has 2 aliphatic heterocycles. The molecule has 0 spiro atoms. The fourth-order valence-electron chi connectivity index (χ4n) is 3.94. The van der Waals surface area contributed by atoms with E-state index < -0.39 is 11.6 Å². The topological polar surface area (TPSA) is 84.5 Å². The summed E-state index contributed by atoms with van der Waals surface area (Å²) < 4.78 is 5.41. The van der Waals surface area contributed by atoms with Gasteiger partial charge in [-0.15, -0.1) is 0 Å². The number of rotatable bonds is 3. The van der Waals surface area contributed by atoms with Crippen LogP contribution in [-0.4, -0.2) is 29.9 Å². The predicted octanol–water partition coefficient (Wildman–Crippen LogP) is 1.88. The Morgan fingerprint density at radius 1 is 1.24 bits per heavy atom. The van der Waals surface area contributed by atoms with Gasteiger partial charge in [-0.3, -0.25) is 9.59 Å². The number of carbonyl (C=O) groups excluding carboxylic acids is 3. The van der Waals surface area contributed by atoms with Gasteiger partial charge in [0.15, 0.2) is 0 Å². The average molecular weight is 342 g/mol. The number of hydrogen-bond donors (Lipinski definition) is 2. The van der Waals surface area contributed by atoms with Crippen LogP contribution >= 0.6 is 0 Å². The van der Waals surface area contributed by atoms with Crippen LogP contribution < -0.4 is 10.6 Å². The molecule has 1 aromatic carbocycles. The molecule has 6 heteroatoms. The zero-order valence-electron chi connectivity index (χ0n) is 14.4. The summed E-state index contributed by atoms with van der Waals surface area (Å²) >= 11 is 0. The Morgan fingerprint density at radius 2 is 2.00 bits per heavy atom. The van der Waals surface area contributed by atoms with E-state index in [9.17, 15) is 14.4 Å². The molecule has 6 nitrogen and oxygen atoms in total. The van der Waals surface area contributed by atoms with E-state index in [0.717, 1.165) is 18.4 Å². The minimum atomic E-state index is -0.724. The summed E-state index contributed by atoms with van der Waals surface area (Å²) in [7, 11) is 0. The third-order valence-electron chi connectivity index (χ3n) is 5.40. The quantitative estimate of drug-likeness (QED) is 0.822. The second kappa shape index (κ2) is 5.58. The molecule has 2 N–H and O–H groups in total. The minimum Gasteiger partial charge on any atom is -0.451 e. The molecule has 0 unspecified atom stereocenters. The summed E-state index contributed by atoms with van der Waals surface area (Å²) in [6, 6.07) is 5.15. The molecule has 0 bridgehead atoms. The van der Waals surface area contributed by atoms with Crippen molar-refractivity contribution in [2.75, 3.05) is 0 Å². The molecule has 4 rings (SSSR count). The molecular weight excluding hydrogens is 320 g/mol. The normalized spacial score (nSPS) is 27.3. The number of hydrogen-bond acceptors (Lipinski definition) is 4. The van der Waals surface area contributed by atoms with Gasteiger partial charge in [0.25, 0.3) is 5.91 Å². The Hall–Kier alpha value is -2.37. The molecule has 25 heavy (non-hydrogen) atoms. The first-order valence-corrected chi connectivity index (χ1v) is 8.84. The lowest BCUT2D eigenvalue weighted by Crippen LogP contribution is -2.56. The van der Waals surface area contributed by atoms with E-state index in [2.05, 4.69) is 10.6 Å². The van der Waals surface area contributed by atoms with Crippen molar-refractivity contribution in [3.63, 3.8) is 0 Å². The van der Waals surface area contributed by atoms with Gasteiger partial charge in [-0.05, 0) is 45.1 Å². The highest BCUT2D eigenvalue weighted by molar-refractivity contribution is 6.08. The van der Waals surface area contributed by atoms with Crippen LogP contribution in [0.4, 0.5) is 0 Å². The third kappa shape index (κ3) is 2.79. The van der Waals surface area contributed by atoms with E-state index in [1.54, 1.807) is 12.1 Å². The van der Waals surface area contributed by atoms with E-state index in [1.807, 2.05) is 19.9 Å². The monoisotopic (exact) mass is 342 g/mol. The van der Waals surface area contributed by atoms with Gasteiger partial charge in [0.05, 0.1) is 23.2 Å². The molecular formula is C19H22N2O4. The van der Waals surface area contributed by atoms with Crippen molar-refractivity contribution in [1.29, 1.82) is 0 Å². The zero-order valence-corrected chi connectivity index (χ0v) is 14.4. The second-order valence-electron chi connectivity index (χ2n) is 7.68. The van der Waals surface area contributed by atoms with Gasteiger partial charge in [-0.2, -0.15) is 0 Å². The first-order valence-electron chi connectivity index (χ1n) is 8.84. The number of fused-ring (bicyclic) bond motifs is 1. The van der Waals surface area contributed by atoms with Crippen molar-refractivity contribution in [3.8, 4) is 0 Å². The Labute approximate surface area is 146 Å². The van der Waals surface area contributed by atoms with E-state index in [4.69, 9.17) is 4.74 Å². The molecule has 2 fully saturated rings. The fourth-order valence-corrected chi connectivity index (χ4v) is 3.94. The fraction of sp³-hybridized carbons (Fsp3) is 0.526. The summed E-state index contributed by atoms with van der Waals surface area (Å²) in [6.45, 7) is 3.64. The lowest BCUT2D eigenvalue weighted by Gasteiger charge is -2.33. The number of piperidine rings is 1.